The highest BCUT2D eigenvalue weighted by molar-refractivity contribution is 9.10. The van der Waals surface area contributed by atoms with E-state index in [-0.39, 0.29) is 5.52 Å². The highest BCUT2D eigenvalue weighted by atomic mass is 79.9. The van der Waals surface area contributed by atoms with Crippen molar-refractivity contribution >= 4 is 38.6 Å². The molecule has 3 aromatic rings. The van der Waals surface area contributed by atoms with Gasteiger partial charge in [0.25, 0.3) is 0 Å². The summed E-state index contributed by atoms with van der Waals surface area (Å²) in [6.45, 7) is 4.35. The summed E-state index contributed by atoms with van der Waals surface area (Å²) < 4.78 is 26.3. The second-order valence-electron chi connectivity index (χ2n) is 7.78. The normalized spacial score (nSPS) is 16.4. The molecule has 2 aliphatic heterocycles. The van der Waals surface area contributed by atoms with Gasteiger partial charge in [0, 0.05) is 31.6 Å². The van der Waals surface area contributed by atoms with E-state index in [9.17, 15) is 0 Å². The Labute approximate surface area is 180 Å². The molecular weight excluding hydrogens is 457 g/mol. The number of rotatable bonds is 5. The zero-order valence-electron chi connectivity index (χ0n) is 16.9. The van der Waals surface area contributed by atoms with Gasteiger partial charge < -0.3 is 24.4 Å². The lowest BCUT2D eigenvalue weighted by Crippen LogP contribution is -2.58. The smallest absolute Gasteiger partial charge is 0.228 e. The molecular formula is C19H21BrFN7O2. The van der Waals surface area contributed by atoms with E-state index in [1.807, 2.05) is 19.0 Å². The summed E-state index contributed by atoms with van der Waals surface area (Å²) in [4.78, 5) is 17.8. The first-order valence-electron chi connectivity index (χ1n) is 9.65. The van der Waals surface area contributed by atoms with Crippen molar-refractivity contribution in [1.82, 2.24) is 25.0 Å². The summed E-state index contributed by atoms with van der Waals surface area (Å²) in [6, 6.07) is 0.424. The van der Waals surface area contributed by atoms with Crippen LogP contribution in [0.5, 0.6) is 0 Å². The van der Waals surface area contributed by atoms with Gasteiger partial charge >= 0.3 is 0 Å². The predicted molar refractivity (Wildman–Crippen MR) is 112 cm³/mol. The molecule has 4 heterocycles. The average molecular weight is 478 g/mol. The third-order valence-electron chi connectivity index (χ3n) is 5.58. The van der Waals surface area contributed by atoms with Crippen molar-refractivity contribution in [3.8, 4) is 0 Å². The lowest BCUT2D eigenvalue weighted by molar-refractivity contribution is 0.134. The van der Waals surface area contributed by atoms with Crippen LogP contribution in [0.1, 0.15) is 22.8 Å². The molecule has 1 N–H and O–H groups in total. The van der Waals surface area contributed by atoms with E-state index in [2.05, 4.69) is 41.3 Å². The number of benzene rings is 1. The number of hydrogen-bond donors (Lipinski definition) is 1. The average Bonchev–Trinajstić information content (AvgIpc) is 3.31. The molecule has 0 unspecified atom stereocenters. The fourth-order valence-electron chi connectivity index (χ4n) is 3.77. The molecule has 0 bridgehead atoms. The molecule has 0 aliphatic carbocycles. The number of likely N-dealkylation sites (N-methyl/N-ethyl adjacent to an activating group) is 1. The summed E-state index contributed by atoms with van der Waals surface area (Å²) in [5.74, 6) is 1.62. The van der Waals surface area contributed by atoms with E-state index in [1.54, 1.807) is 6.92 Å². The van der Waals surface area contributed by atoms with Gasteiger partial charge in [-0.3, -0.25) is 0 Å². The minimum Gasteiger partial charge on any atom is -0.372 e. The highest BCUT2D eigenvalue weighted by Gasteiger charge is 2.32. The van der Waals surface area contributed by atoms with Crippen molar-refractivity contribution in [2.24, 2.45) is 0 Å². The largest absolute Gasteiger partial charge is 0.372 e. The van der Waals surface area contributed by atoms with Gasteiger partial charge in [-0.2, -0.15) is 9.97 Å². The van der Waals surface area contributed by atoms with Gasteiger partial charge in [-0.1, -0.05) is 5.16 Å². The molecule has 158 valence electrons. The van der Waals surface area contributed by atoms with Gasteiger partial charge in [0.1, 0.15) is 11.3 Å². The van der Waals surface area contributed by atoms with Crippen molar-refractivity contribution in [1.29, 1.82) is 0 Å². The maximum Gasteiger partial charge on any atom is 0.228 e. The number of hydrogen-bond acceptors (Lipinski definition) is 9. The summed E-state index contributed by atoms with van der Waals surface area (Å²) >= 11 is 3.39. The molecule has 0 radical (unpaired) electrons. The van der Waals surface area contributed by atoms with Crippen LogP contribution in [0, 0.1) is 12.7 Å². The lowest BCUT2D eigenvalue weighted by atomic mass is 10.0. The molecule has 11 heteroatoms. The van der Waals surface area contributed by atoms with Gasteiger partial charge in [-0.15, -0.1) is 0 Å². The first-order chi connectivity index (χ1) is 14.4. The van der Waals surface area contributed by atoms with Crippen LogP contribution in [0.3, 0.4) is 0 Å². The number of aromatic nitrogens is 4. The summed E-state index contributed by atoms with van der Waals surface area (Å²) in [7, 11) is 4.09. The quantitative estimate of drug-likeness (QED) is 0.594. The van der Waals surface area contributed by atoms with Crippen LogP contribution in [-0.4, -0.2) is 58.2 Å². The molecule has 1 fully saturated rings. The Bertz CT molecular complexity index is 1130. The molecule has 0 atom stereocenters. The first kappa shape index (κ1) is 19.6. The standard InChI is InChI=1S/C19H21BrFN7O2/c1-9-23-13(26-30-9)4-22-18-14-11-7-29-8-12(11)15(20)16(21)17(14)24-19(25-18)28-5-10(6-28)27(2)3/h10H,4-8H2,1-3H3,(H,22,24,25). The molecule has 0 amide bonds. The Kier molecular flexibility index (Phi) is 4.83. The summed E-state index contributed by atoms with van der Waals surface area (Å²) in [5, 5.41) is 7.81. The lowest BCUT2D eigenvalue weighted by Gasteiger charge is -2.42. The maximum absolute atomic E-state index is 15.3. The number of fused-ring (bicyclic) bond motifs is 3. The van der Waals surface area contributed by atoms with E-state index in [0.29, 0.717) is 59.1 Å². The molecule has 5 rings (SSSR count). The zero-order chi connectivity index (χ0) is 21.0. The van der Waals surface area contributed by atoms with Crippen LogP contribution in [0.4, 0.5) is 16.2 Å². The van der Waals surface area contributed by atoms with Crippen molar-refractivity contribution in [3.05, 3.63) is 33.1 Å². The number of anilines is 2. The van der Waals surface area contributed by atoms with Crippen LogP contribution in [0.2, 0.25) is 0 Å². The Morgan fingerprint density at radius 2 is 1.97 bits per heavy atom. The van der Waals surface area contributed by atoms with Gasteiger partial charge in [0.15, 0.2) is 11.6 Å². The van der Waals surface area contributed by atoms with Crippen molar-refractivity contribution in [3.63, 3.8) is 0 Å². The molecule has 30 heavy (non-hydrogen) atoms. The third kappa shape index (κ3) is 3.21. The van der Waals surface area contributed by atoms with E-state index in [4.69, 9.17) is 14.2 Å². The van der Waals surface area contributed by atoms with Crippen LogP contribution < -0.4 is 10.2 Å². The molecule has 0 saturated carbocycles. The van der Waals surface area contributed by atoms with E-state index in [0.717, 1.165) is 24.2 Å². The first-order valence-corrected chi connectivity index (χ1v) is 10.4. The maximum atomic E-state index is 15.3. The van der Waals surface area contributed by atoms with Crippen LogP contribution in [0.15, 0.2) is 9.00 Å². The SMILES string of the molecule is Cc1nc(CNc2nc(N3CC(N(C)C)C3)nc3c(F)c(Br)c4c(c23)COC4)no1. The number of halogens is 2. The van der Waals surface area contributed by atoms with Crippen molar-refractivity contribution in [2.75, 3.05) is 37.4 Å². The van der Waals surface area contributed by atoms with Crippen molar-refractivity contribution < 1.29 is 13.7 Å². The molecule has 1 aromatic carbocycles. The molecule has 2 aromatic heterocycles. The summed E-state index contributed by atoms with van der Waals surface area (Å²) in [6.07, 6.45) is 0. The molecule has 1 saturated heterocycles. The van der Waals surface area contributed by atoms with Gasteiger partial charge in [-0.05, 0) is 35.6 Å². The van der Waals surface area contributed by atoms with Gasteiger partial charge in [0.2, 0.25) is 11.8 Å². The summed E-state index contributed by atoms with van der Waals surface area (Å²) in [5.41, 5.74) is 1.97. The van der Waals surface area contributed by atoms with Crippen LogP contribution in [-0.2, 0) is 24.5 Å². The second-order valence-corrected chi connectivity index (χ2v) is 8.57. The van der Waals surface area contributed by atoms with E-state index < -0.39 is 5.82 Å². The molecule has 0 spiro atoms. The highest BCUT2D eigenvalue weighted by Crippen LogP contribution is 2.40. The van der Waals surface area contributed by atoms with Crippen molar-refractivity contribution in [2.45, 2.75) is 32.7 Å². The Morgan fingerprint density at radius 1 is 1.20 bits per heavy atom. The fraction of sp³-hybridized carbons (Fsp3) is 0.474. The Balaban J connectivity index is 1.59. The molecule has 9 nitrogen and oxygen atoms in total. The molecule has 2 aliphatic rings. The minimum absolute atomic E-state index is 0.274. The minimum atomic E-state index is -0.402. The Hall–Kier alpha value is -2.37. The number of nitrogens with zero attached hydrogens (tertiary/aromatic N) is 6. The Morgan fingerprint density at radius 3 is 2.67 bits per heavy atom. The number of nitrogens with one attached hydrogen (secondary N) is 1. The third-order valence-corrected chi connectivity index (χ3v) is 6.41. The monoisotopic (exact) mass is 477 g/mol. The number of ether oxygens (including phenoxy) is 1. The van der Waals surface area contributed by atoms with E-state index >= 15 is 4.39 Å². The second kappa shape index (κ2) is 7.40. The fourth-order valence-corrected chi connectivity index (χ4v) is 4.31. The topological polar surface area (TPSA) is 92.4 Å². The van der Waals surface area contributed by atoms with Crippen LogP contribution >= 0.6 is 15.9 Å². The van der Waals surface area contributed by atoms with E-state index in [1.165, 1.54) is 0 Å². The predicted octanol–water partition coefficient (Wildman–Crippen LogP) is 2.62. The van der Waals surface area contributed by atoms with Crippen LogP contribution in [0.25, 0.3) is 10.9 Å². The van der Waals surface area contributed by atoms with Gasteiger partial charge in [0.05, 0.1) is 29.6 Å². The number of aryl methyl sites for hydroxylation is 1. The zero-order valence-corrected chi connectivity index (χ0v) is 18.5. The van der Waals surface area contributed by atoms with Gasteiger partial charge in [-0.25, -0.2) is 9.37 Å².